The molecule has 49 heavy (non-hydrogen) atoms. The number of carboxylic acids is 1. The van der Waals surface area contributed by atoms with Crippen molar-refractivity contribution >= 4 is 23.5 Å². The SMILES string of the molecule is C[C@@H]1CC2C3CCC4=CC(=O)C=CC4(C)C3C(O)CC2(C)C1C(=O)COC(=O)COCCOCCO[N+](=O)[O-].O=C(O)CCCO[N+](=O)[O-]. The number of aliphatic hydroxyl groups excluding tert-OH is 1. The average molecular weight is 699 g/mol. The number of aliphatic carboxylic acids is 1. The van der Waals surface area contributed by atoms with Crippen LogP contribution in [0.4, 0.5) is 0 Å². The molecular formula is C32H46N2O15. The third kappa shape index (κ3) is 10.3. The molecule has 4 aliphatic carbocycles. The lowest BCUT2D eigenvalue weighted by Crippen LogP contribution is -2.56. The number of carbonyl (C=O) groups is 4. The van der Waals surface area contributed by atoms with E-state index in [-0.39, 0.29) is 106 Å². The number of carboxylic acid groups (broad SMARTS) is 1. The van der Waals surface area contributed by atoms with Crippen LogP contribution in [0.1, 0.15) is 59.3 Å². The fourth-order valence-electron chi connectivity index (χ4n) is 8.57. The van der Waals surface area contributed by atoms with Gasteiger partial charge in [-0.3, -0.25) is 14.4 Å². The molecule has 4 aliphatic rings. The van der Waals surface area contributed by atoms with Crippen molar-refractivity contribution in [2.24, 2.45) is 40.4 Å². The van der Waals surface area contributed by atoms with E-state index in [1.807, 2.05) is 6.08 Å². The number of nitrogens with zero attached hydrogens (tertiary/aromatic N) is 2. The molecule has 17 heteroatoms. The third-order valence-electron chi connectivity index (χ3n) is 10.3. The first-order valence-corrected chi connectivity index (χ1v) is 16.3. The zero-order valence-electron chi connectivity index (χ0n) is 28.0. The van der Waals surface area contributed by atoms with Gasteiger partial charge in [0.05, 0.1) is 32.5 Å². The van der Waals surface area contributed by atoms with Gasteiger partial charge in [0.25, 0.3) is 10.2 Å². The highest BCUT2D eigenvalue weighted by atomic mass is 17.0. The first-order valence-electron chi connectivity index (χ1n) is 16.3. The summed E-state index contributed by atoms with van der Waals surface area (Å²) in [5.41, 5.74) is 0.344. The Morgan fingerprint density at radius 1 is 1.00 bits per heavy atom. The molecule has 3 saturated carbocycles. The lowest BCUT2D eigenvalue weighted by atomic mass is 9.46. The monoisotopic (exact) mass is 698 g/mol. The van der Waals surface area contributed by atoms with Crippen molar-refractivity contribution in [1.29, 1.82) is 0 Å². The standard InChI is InChI=1S/C28H39NO10.C4H7NO5/c1-17-12-21-20-5-4-18-13-19(30)6-7-27(18,2)26(20)22(31)14-28(21,3)25(17)23(32)15-38-24(33)16-37-9-8-36-10-11-39-29(34)35;6-4(7)2-1-3-10-5(8)9/h6-7,13,17,20-22,25-26,31H,4-5,8-12,14-16H2,1-3H3;1-3H2,(H,6,7)/t17-,20?,21?,22?,25?,26?,27?,28?;/m1./s1. The third-order valence-corrected chi connectivity index (χ3v) is 10.3. The number of allylic oxidation sites excluding steroid dienone is 4. The second kappa shape index (κ2) is 17.6. The van der Waals surface area contributed by atoms with Crippen LogP contribution in [-0.4, -0.2) is 96.2 Å². The number of carbonyl (C=O) groups excluding carboxylic acids is 3. The van der Waals surface area contributed by atoms with Gasteiger partial charge in [-0.15, -0.1) is 20.2 Å². The van der Waals surface area contributed by atoms with Crippen LogP contribution < -0.4 is 0 Å². The molecule has 0 aromatic carbocycles. The van der Waals surface area contributed by atoms with Crippen molar-refractivity contribution in [2.75, 3.05) is 46.2 Å². The van der Waals surface area contributed by atoms with Crippen molar-refractivity contribution in [1.82, 2.24) is 0 Å². The van der Waals surface area contributed by atoms with E-state index in [1.165, 1.54) is 0 Å². The van der Waals surface area contributed by atoms with Gasteiger partial charge in [-0.1, -0.05) is 32.4 Å². The van der Waals surface area contributed by atoms with E-state index < -0.39 is 33.6 Å². The zero-order valence-corrected chi connectivity index (χ0v) is 28.0. The van der Waals surface area contributed by atoms with Gasteiger partial charge < -0.3 is 34.1 Å². The first-order chi connectivity index (χ1) is 23.1. The van der Waals surface area contributed by atoms with Crippen molar-refractivity contribution in [3.05, 3.63) is 44.0 Å². The minimum Gasteiger partial charge on any atom is -0.481 e. The summed E-state index contributed by atoms with van der Waals surface area (Å²) in [5.74, 6) is -1.50. The first kappa shape index (κ1) is 39.5. The van der Waals surface area contributed by atoms with E-state index in [1.54, 1.807) is 12.2 Å². The van der Waals surface area contributed by atoms with Crippen molar-refractivity contribution < 1.29 is 63.5 Å². The van der Waals surface area contributed by atoms with Crippen LogP contribution in [0.3, 0.4) is 0 Å². The Hall–Kier alpha value is -3.96. The van der Waals surface area contributed by atoms with Crippen molar-refractivity contribution in [3.8, 4) is 0 Å². The Morgan fingerprint density at radius 3 is 2.33 bits per heavy atom. The maximum absolute atomic E-state index is 13.4. The number of esters is 1. The van der Waals surface area contributed by atoms with E-state index in [0.717, 1.165) is 24.8 Å². The normalized spacial score (nSPS) is 31.1. The lowest BCUT2D eigenvalue weighted by Gasteiger charge is -2.58. The maximum atomic E-state index is 13.4. The number of ketones is 2. The summed E-state index contributed by atoms with van der Waals surface area (Å²) in [4.78, 5) is 74.9. The summed E-state index contributed by atoms with van der Waals surface area (Å²) >= 11 is 0. The van der Waals surface area contributed by atoms with Gasteiger partial charge in [0.15, 0.2) is 11.6 Å². The summed E-state index contributed by atoms with van der Waals surface area (Å²) in [6.45, 7) is 5.52. The highest BCUT2D eigenvalue weighted by Gasteiger charge is 2.64. The van der Waals surface area contributed by atoms with Gasteiger partial charge in [0.2, 0.25) is 0 Å². The molecule has 0 aromatic rings. The molecule has 0 heterocycles. The van der Waals surface area contributed by atoms with E-state index in [0.29, 0.717) is 6.42 Å². The minimum atomic E-state index is -0.980. The van der Waals surface area contributed by atoms with Gasteiger partial charge in [0, 0.05) is 23.7 Å². The van der Waals surface area contributed by atoms with Crippen LogP contribution >= 0.6 is 0 Å². The predicted octanol–water partition coefficient (Wildman–Crippen LogP) is 2.54. The van der Waals surface area contributed by atoms with Crippen LogP contribution in [0.25, 0.3) is 0 Å². The fraction of sp³-hybridized carbons (Fsp3) is 0.750. The Bertz CT molecular complexity index is 1280. The Labute approximate surface area is 283 Å². The molecule has 17 nitrogen and oxygen atoms in total. The van der Waals surface area contributed by atoms with Crippen LogP contribution in [0.2, 0.25) is 0 Å². The molecular weight excluding hydrogens is 652 g/mol. The fourth-order valence-corrected chi connectivity index (χ4v) is 8.57. The number of fused-ring (bicyclic) bond motifs is 5. The molecule has 0 spiro atoms. The molecule has 0 saturated heterocycles. The number of ether oxygens (including phenoxy) is 3. The predicted molar refractivity (Wildman–Crippen MR) is 166 cm³/mol. The van der Waals surface area contributed by atoms with Gasteiger partial charge >= 0.3 is 11.9 Å². The zero-order chi connectivity index (χ0) is 36.4. The minimum absolute atomic E-state index is 0.000487. The topological polar surface area (TPSA) is 241 Å². The summed E-state index contributed by atoms with van der Waals surface area (Å²) in [5, 5.41) is 37.2. The second-order valence-electron chi connectivity index (χ2n) is 13.4. The smallest absolute Gasteiger partial charge is 0.332 e. The molecule has 2 N–H and O–H groups in total. The van der Waals surface area contributed by atoms with Gasteiger partial charge in [-0.25, -0.2) is 4.79 Å². The largest absolute Gasteiger partial charge is 0.481 e. The number of aliphatic hydroxyl groups is 1. The van der Waals surface area contributed by atoms with Crippen molar-refractivity contribution in [2.45, 2.75) is 65.4 Å². The molecule has 3 fully saturated rings. The lowest BCUT2D eigenvalue weighted by molar-refractivity contribution is -0.758. The van der Waals surface area contributed by atoms with E-state index >= 15 is 0 Å². The average Bonchev–Trinajstić information content (AvgIpc) is 3.28. The number of Topliss-reactive ketones (excluding diaryl/α,β-unsaturated/α-hetero) is 1. The van der Waals surface area contributed by atoms with E-state index in [4.69, 9.17) is 19.3 Å². The summed E-state index contributed by atoms with van der Waals surface area (Å²) in [6, 6.07) is 0. The Kier molecular flexibility index (Phi) is 14.2. The Morgan fingerprint density at radius 2 is 1.65 bits per heavy atom. The number of hydrogen-bond acceptors (Lipinski definition) is 14. The summed E-state index contributed by atoms with van der Waals surface area (Å²) in [7, 11) is 0. The molecule has 0 aliphatic heterocycles. The van der Waals surface area contributed by atoms with Gasteiger partial charge in [-0.05, 0) is 67.4 Å². The van der Waals surface area contributed by atoms with Crippen LogP contribution in [0, 0.1) is 60.6 Å². The van der Waals surface area contributed by atoms with E-state index in [2.05, 4.69) is 30.4 Å². The van der Waals surface area contributed by atoms with Gasteiger partial charge in [-0.2, -0.15) is 0 Å². The summed E-state index contributed by atoms with van der Waals surface area (Å²) in [6.07, 6.45) is 7.86. The highest BCUT2D eigenvalue weighted by molar-refractivity contribution is 6.01. The van der Waals surface area contributed by atoms with Crippen LogP contribution in [0.15, 0.2) is 23.8 Å². The van der Waals surface area contributed by atoms with Crippen LogP contribution in [-0.2, 0) is 43.1 Å². The summed E-state index contributed by atoms with van der Waals surface area (Å²) < 4.78 is 15.5. The number of hydrogen-bond donors (Lipinski definition) is 2. The van der Waals surface area contributed by atoms with Gasteiger partial charge in [0.1, 0.15) is 19.8 Å². The molecule has 7 unspecified atom stereocenters. The molecule has 0 bridgehead atoms. The number of rotatable bonds is 17. The van der Waals surface area contributed by atoms with E-state index in [9.17, 15) is 44.5 Å². The molecule has 274 valence electrons. The Balaban J connectivity index is 0.000000565. The van der Waals surface area contributed by atoms with Crippen LogP contribution in [0.5, 0.6) is 0 Å². The maximum Gasteiger partial charge on any atom is 0.332 e. The molecule has 0 aromatic heterocycles. The molecule has 8 atom stereocenters. The highest BCUT2D eigenvalue weighted by Crippen LogP contribution is 2.67. The molecule has 0 radical (unpaired) electrons. The van der Waals surface area contributed by atoms with Crippen molar-refractivity contribution in [3.63, 3.8) is 0 Å². The molecule has 0 amide bonds. The second-order valence-corrected chi connectivity index (χ2v) is 13.4. The molecule has 4 rings (SSSR count). The quantitative estimate of drug-likeness (QED) is 0.0960.